The van der Waals surface area contributed by atoms with Gasteiger partial charge in [0.25, 0.3) is 5.91 Å². The van der Waals surface area contributed by atoms with Crippen LogP contribution in [0.4, 0.5) is 5.82 Å². The maximum Gasteiger partial charge on any atom is 0.255 e. The molecule has 1 aromatic heterocycles. The number of anilines is 1. The lowest BCUT2D eigenvalue weighted by molar-refractivity contribution is 0.0884. The van der Waals surface area contributed by atoms with Crippen molar-refractivity contribution in [2.24, 2.45) is 5.92 Å². The van der Waals surface area contributed by atoms with E-state index in [4.69, 9.17) is 0 Å². The number of pyridine rings is 1. The van der Waals surface area contributed by atoms with Crippen molar-refractivity contribution in [1.82, 2.24) is 15.2 Å². The smallest absolute Gasteiger partial charge is 0.255 e. The van der Waals surface area contributed by atoms with Gasteiger partial charge in [0.2, 0.25) is 0 Å². The third-order valence-electron chi connectivity index (χ3n) is 3.82. The zero-order chi connectivity index (χ0) is 14.5. The van der Waals surface area contributed by atoms with Gasteiger partial charge in [-0.25, -0.2) is 4.98 Å². The van der Waals surface area contributed by atoms with E-state index in [0.717, 1.165) is 26.1 Å². The lowest BCUT2D eigenvalue weighted by Gasteiger charge is -2.35. The maximum atomic E-state index is 12.4. The van der Waals surface area contributed by atoms with Crippen LogP contribution in [0, 0.1) is 5.92 Å². The van der Waals surface area contributed by atoms with Crippen molar-refractivity contribution in [2.45, 2.75) is 26.3 Å². The average molecular weight is 276 g/mol. The van der Waals surface area contributed by atoms with E-state index in [9.17, 15) is 4.79 Å². The Labute approximate surface area is 120 Å². The summed E-state index contributed by atoms with van der Waals surface area (Å²) < 4.78 is 0. The van der Waals surface area contributed by atoms with Crippen LogP contribution in [0.5, 0.6) is 0 Å². The Morgan fingerprint density at radius 2 is 2.35 bits per heavy atom. The summed E-state index contributed by atoms with van der Waals surface area (Å²) in [6.07, 6.45) is 2.70. The fourth-order valence-electron chi connectivity index (χ4n) is 2.71. The second kappa shape index (κ2) is 6.70. The highest BCUT2D eigenvalue weighted by molar-refractivity contribution is 5.98. The summed E-state index contributed by atoms with van der Waals surface area (Å²) in [5.74, 6) is 1.10. The highest BCUT2D eigenvalue weighted by Crippen LogP contribution is 2.17. The number of amides is 1. The Morgan fingerprint density at radius 3 is 3.05 bits per heavy atom. The minimum atomic E-state index is -0.0320. The zero-order valence-electron chi connectivity index (χ0n) is 12.5. The fraction of sp³-hybridized carbons (Fsp3) is 0.600. The summed E-state index contributed by atoms with van der Waals surface area (Å²) >= 11 is 0. The minimum Gasteiger partial charge on any atom is -0.370 e. The summed E-state index contributed by atoms with van der Waals surface area (Å²) in [6, 6.07) is 3.86. The van der Waals surface area contributed by atoms with Crippen molar-refractivity contribution in [2.75, 3.05) is 32.0 Å². The summed E-state index contributed by atoms with van der Waals surface area (Å²) in [7, 11) is 2.12. The molecule has 2 atom stereocenters. The molecule has 0 saturated carbocycles. The summed E-state index contributed by atoms with van der Waals surface area (Å²) in [5, 5.41) is 6.29. The number of carbonyl (C=O) groups excluding carboxylic acids is 1. The lowest BCUT2D eigenvalue weighted by atomic mass is 9.94. The van der Waals surface area contributed by atoms with Crippen LogP contribution in [0.2, 0.25) is 0 Å². The molecule has 2 rings (SSSR count). The Hall–Kier alpha value is -1.62. The number of aromatic nitrogens is 1. The van der Waals surface area contributed by atoms with Gasteiger partial charge < -0.3 is 15.5 Å². The number of carbonyl (C=O) groups is 1. The third-order valence-corrected chi connectivity index (χ3v) is 3.82. The van der Waals surface area contributed by atoms with Crippen LogP contribution in [0.15, 0.2) is 18.3 Å². The molecular weight excluding hydrogens is 252 g/mol. The Morgan fingerprint density at radius 1 is 1.55 bits per heavy atom. The van der Waals surface area contributed by atoms with Crippen LogP contribution in [-0.2, 0) is 0 Å². The SMILES string of the molecule is CCNc1ncccc1C(=O)NC1CCN(C)CC1C. The van der Waals surface area contributed by atoms with Gasteiger partial charge in [-0.1, -0.05) is 6.92 Å². The van der Waals surface area contributed by atoms with Gasteiger partial charge in [-0.2, -0.15) is 0 Å². The van der Waals surface area contributed by atoms with E-state index in [2.05, 4.69) is 34.5 Å². The van der Waals surface area contributed by atoms with Crippen molar-refractivity contribution in [3.05, 3.63) is 23.9 Å². The molecule has 20 heavy (non-hydrogen) atoms. The molecule has 0 aromatic carbocycles. The van der Waals surface area contributed by atoms with E-state index in [1.54, 1.807) is 12.3 Å². The highest BCUT2D eigenvalue weighted by Gasteiger charge is 2.26. The number of nitrogens with one attached hydrogen (secondary N) is 2. The van der Waals surface area contributed by atoms with Crippen molar-refractivity contribution < 1.29 is 4.79 Å². The second-order valence-electron chi connectivity index (χ2n) is 5.54. The van der Waals surface area contributed by atoms with E-state index in [0.29, 0.717) is 17.3 Å². The van der Waals surface area contributed by atoms with Crippen LogP contribution in [-0.4, -0.2) is 48.5 Å². The molecule has 5 nitrogen and oxygen atoms in total. The van der Waals surface area contributed by atoms with Crippen molar-refractivity contribution in [1.29, 1.82) is 0 Å². The molecule has 2 N–H and O–H groups in total. The zero-order valence-corrected chi connectivity index (χ0v) is 12.5. The Kier molecular flexibility index (Phi) is 4.95. The molecule has 0 radical (unpaired) electrons. The average Bonchev–Trinajstić information content (AvgIpc) is 2.43. The molecule has 1 aliphatic heterocycles. The molecule has 2 unspecified atom stereocenters. The quantitative estimate of drug-likeness (QED) is 0.877. The topological polar surface area (TPSA) is 57.3 Å². The van der Waals surface area contributed by atoms with Gasteiger partial charge in [-0.3, -0.25) is 4.79 Å². The summed E-state index contributed by atoms with van der Waals surface area (Å²) in [4.78, 5) is 19.0. The molecule has 1 aromatic rings. The van der Waals surface area contributed by atoms with Gasteiger partial charge in [-0.05, 0) is 45.0 Å². The van der Waals surface area contributed by atoms with Gasteiger partial charge in [-0.15, -0.1) is 0 Å². The predicted octanol–water partition coefficient (Wildman–Crippen LogP) is 1.58. The second-order valence-corrected chi connectivity index (χ2v) is 5.54. The van der Waals surface area contributed by atoms with Crippen molar-refractivity contribution >= 4 is 11.7 Å². The van der Waals surface area contributed by atoms with Gasteiger partial charge in [0.05, 0.1) is 5.56 Å². The summed E-state index contributed by atoms with van der Waals surface area (Å²) in [6.45, 7) is 6.99. The standard InChI is InChI=1S/C15H24N4O/c1-4-16-14-12(6-5-8-17-14)15(20)18-13-7-9-19(3)10-11(13)2/h5-6,8,11,13H,4,7,9-10H2,1-3H3,(H,16,17)(H,18,20). The number of hydrogen-bond donors (Lipinski definition) is 2. The van der Waals surface area contributed by atoms with Gasteiger partial charge in [0, 0.05) is 25.3 Å². The molecule has 1 fully saturated rings. The Bertz CT molecular complexity index is 463. The van der Waals surface area contributed by atoms with Gasteiger partial charge in [0.1, 0.15) is 5.82 Å². The first kappa shape index (κ1) is 14.8. The maximum absolute atomic E-state index is 12.4. The number of hydrogen-bond acceptors (Lipinski definition) is 4. The number of piperidine rings is 1. The first-order valence-corrected chi connectivity index (χ1v) is 7.30. The van der Waals surface area contributed by atoms with E-state index in [1.165, 1.54) is 0 Å². The first-order valence-electron chi connectivity index (χ1n) is 7.30. The Balaban J connectivity index is 2.05. The van der Waals surface area contributed by atoms with Crippen molar-refractivity contribution in [3.63, 3.8) is 0 Å². The van der Waals surface area contributed by atoms with E-state index in [-0.39, 0.29) is 11.9 Å². The van der Waals surface area contributed by atoms with E-state index in [1.807, 2.05) is 13.0 Å². The van der Waals surface area contributed by atoms with Crippen LogP contribution >= 0.6 is 0 Å². The molecule has 110 valence electrons. The highest BCUT2D eigenvalue weighted by atomic mass is 16.1. The molecular formula is C15H24N4O. The molecule has 0 spiro atoms. The molecule has 1 amide bonds. The van der Waals surface area contributed by atoms with Crippen molar-refractivity contribution in [3.8, 4) is 0 Å². The van der Waals surface area contributed by atoms with Crippen LogP contribution in [0.1, 0.15) is 30.6 Å². The minimum absolute atomic E-state index is 0.0320. The fourth-order valence-corrected chi connectivity index (χ4v) is 2.71. The number of nitrogens with zero attached hydrogens (tertiary/aromatic N) is 2. The molecule has 0 bridgehead atoms. The normalized spacial score (nSPS) is 23.4. The van der Waals surface area contributed by atoms with E-state index < -0.39 is 0 Å². The predicted molar refractivity (Wildman–Crippen MR) is 80.9 cm³/mol. The monoisotopic (exact) mass is 276 g/mol. The molecule has 0 aliphatic carbocycles. The number of likely N-dealkylation sites (tertiary alicyclic amines) is 1. The molecule has 1 aliphatic rings. The van der Waals surface area contributed by atoms with Gasteiger partial charge in [0.15, 0.2) is 0 Å². The van der Waals surface area contributed by atoms with Crippen LogP contribution in [0.3, 0.4) is 0 Å². The van der Waals surface area contributed by atoms with Crippen LogP contribution < -0.4 is 10.6 Å². The van der Waals surface area contributed by atoms with Gasteiger partial charge >= 0.3 is 0 Å². The third kappa shape index (κ3) is 3.48. The van der Waals surface area contributed by atoms with Crippen LogP contribution in [0.25, 0.3) is 0 Å². The van der Waals surface area contributed by atoms with E-state index >= 15 is 0 Å². The lowest BCUT2D eigenvalue weighted by Crippen LogP contribution is -2.49. The molecule has 1 saturated heterocycles. The molecule has 5 heteroatoms. The summed E-state index contributed by atoms with van der Waals surface area (Å²) in [5.41, 5.74) is 0.625. The largest absolute Gasteiger partial charge is 0.370 e. The number of rotatable bonds is 4. The first-order chi connectivity index (χ1) is 9.61. The molecule has 2 heterocycles.